The van der Waals surface area contributed by atoms with E-state index in [0.29, 0.717) is 12.6 Å². The van der Waals surface area contributed by atoms with E-state index in [0.717, 1.165) is 37.3 Å². The third-order valence-corrected chi connectivity index (χ3v) is 4.06. The maximum absolute atomic E-state index is 6.27. The molecule has 0 saturated heterocycles. The lowest BCUT2D eigenvalue weighted by Gasteiger charge is -2.40. The summed E-state index contributed by atoms with van der Waals surface area (Å²) >= 11 is 0. The van der Waals surface area contributed by atoms with E-state index < -0.39 is 0 Å². The monoisotopic (exact) mass is 293 g/mol. The summed E-state index contributed by atoms with van der Waals surface area (Å²) in [5, 5.41) is 3.63. The minimum atomic E-state index is -0.208. The van der Waals surface area contributed by atoms with E-state index in [4.69, 9.17) is 14.2 Å². The highest BCUT2D eigenvalue weighted by molar-refractivity contribution is 5.44. The van der Waals surface area contributed by atoms with Crippen LogP contribution in [0.15, 0.2) is 18.2 Å². The Bertz CT molecular complexity index is 463. The van der Waals surface area contributed by atoms with Crippen LogP contribution in [0.5, 0.6) is 11.5 Å². The largest absolute Gasteiger partial charge is 0.497 e. The predicted octanol–water partition coefficient (Wildman–Crippen LogP) is 3.31. The van der Waals surface area contributed by atoms with Crippen molar-refractivity contribution in [2.75, 3.05) is 27.4 Å². The molecule has 0 fully saturated rings. The van der Waals surface area contributed by atoms with E-state index >= 15 is 0 Å². The van der Waals surface area contributed by atoms with E-state index in [1.165, 1.54) is 5.56 Å². The Labute approximate surface area is 127 Å². The Balaban J connectivity index is 2.26. The Morgan fingerprint density at radius 2 is 2.19 bits per heavy atom. The zero-order chi connectivity index (χ0) is 15.3. The molecule has 1 heterocycles. The summed E-state index contributed by atoms with van der Waals surface area (Å²) in [7, 11) is 3.41. The van der Waals surface area contributed by atoms with Gasteiger partial charge in [-0.1, -0.05) is 13.0 Å². The van der Waals surface area contributed by atoms with Crippen LogP contribution in [0.3, 0.4) is 0 Å². The van der Waals surface area contributed by atoms with E-state index in [1.54, 1.807) is 14.2 Å². The molecule has 0 amide bonds. The van der Waals surface area contributed by atoms with E-state index in [1.807, 2.05) is 12.1 Å². The molecule has 0 radical (unpaired) electrons. The van der Waals surface area contributed by atoms with Gasteiger partial charge in [0.15, 0.2) is 0 Å². The van der Waals surface area contributed by atoms with Gasteiger partial charge in [-0.25, -0.2) is 0 Å². The van der Waals surface area contributed by atoms with Crippen molar-refractivity contribution in [2.45, 2.75) is 44.8 Å². The molecule has 1 aromatic carbocycles. The first kappa shape index (κ1) is 16.1. The smallest absolute Gasteiger partial charge is 0.128 e. The summed E-state index contributed by atoms with van der Waals surface area (Å²) in [6.07, 6.45) is 2.96. The van der Waals surface area contributed by atoms with E-state index in [9.17, 15) is 0 Å². The van der Waals surface area contributed by atoms with Crippen LogP contribution in [0.1, 0.15) is 44.7 Å². The molecule has 4 nitrogen and oxygen atoms in total. The summed E-state index contributed by atoms with van der Waals surface area (Å²) in [5.41, 5.74) is 1.01. The van der Waals surface area contributed by atoms with Crippen molar-refractivity contribution in [1.82, 2.24) is 5.32 Å². The fourth-order valence-electron chi connectivity index (χ4n) is 2.84. The first-order chi connectivity index (χ1) is 10.1. The molecule has 0 spiro atoms. The van der Waals surface area contributed by atoms with Crippen molar-refractivity contribution in [3.63, 3.8) is 0 Å². The molecule has 2 rings (SSSR count). The second-order valence-electron chi connectivity index (χ2n) is 5.91. The van der Waals surface area contributed by atoms with Gasteiger partial charge in [-0.05, 0) is 26.0 Å². The van der Waals surface area contributed by atoms with Crippen molar-refractivity contribution in [3.8, 4) is 11.5 Å². The minimum Gasteiger partial charge on any atom is -0.497 e. The van der Waals surface area contributed by atoms with Crippen LogP contribution in [0, 0.1) is 0 Å². The average molecular weight is 293 g/mol. The Morgan fingerprint density at radius 3 is 2.86 bits per heavy atom. The zero-order valence-corrected chi connectivity index (χ0v) is 13.6. The standard InChI is InChI=1S/C17H27NO3/c1-5-9-18-15-12-17(2,8-10-19-3)21-16-11-13(20-4)6-7-14(15)16/h6-7,11,15,18H,5,8-10,12H2,1-4H3. The van der Waals surface area contributed by atoms with E-state index in [2.05, 4.69) is 25.2 Å². The molecule has 4 heteroatoms. The molecule has 0 saturated carbocycles. The van der Waals surface area contributed by atoms with Crippen LogP contribution in [-0.2, 0) is 4.74 Å². The van der Waals surface area contributed by atoms with E-state index in [-0.39, 0.29) is 5.60 Å². The van der Waals surface area contributed by atoms with Crippen molar-refractivity contribution in [1.29, 1.82) is 0 Å². The van der Waals surface area contributed by atoms with Gasteiger partial charge >= 0.3 is 0 Å². The highest BCUT2D eigenvalue weighted by atomic mass is 16.5. The lowest BCUT2D eigenvalue weighted by atomic mass is 9.86. The van der Waals surface area contributed by atoms with Crippen LogP contribution in [-0.4, -0.2) is 33.0 Å². The van der Waals surface area contributed by atoms with Gasteiger partial charge in [0.1, 0.15) is 17.1 Å². The molecule has 1 aliphatic heterocycles. The normalized spacial score (nSPS) is 24.3. The lowest BCUT2D eigenvalue weighted by Crippen LogP contribution is -2.42. The highest BCUT2D eigenvalue weighted by Crippen LogP contribution is 2.42. The molecule has 21 heavy (non-hydrogen) atoms. The van der Waals surface area contributed by atoms with Gasteiger partial charge in [0.25, 0.3) is 0 Å². The Hall–Kier alpha value is -1.26. The first-order valence-corrected chi connectivity index (χ1v) is 7.71. The number of fused-ring (bicyclic) bond motifs is 1. The number of rotatable bonds is 7. The van der Waals surface area contributed by atoms with Crippen LogP contribution < -0.4 is 14.8 Å². The summed E-state index contributed by atoms with van der Waals surface area (Å²) < 4.78 is 16.8. The molecule has 1 N–H and O–H groups in total. The SMILES string of the molecule is CCCNC1CC(C)(CCOC)Oc2cc(OC)ccc21. The van der Waals surface area contributed by atoms with Gasteiger partial charge in [-0.3, -0.25) is 0 Å². The van der Waals surface area contributed by atoms with Gasteiger partial charge in [0.2, 0.25) is 0 Å². The fourth-order valence-corrected chi connectivity index (χ4v) is 2.84. The van der Waals surface area contributed by atoms with Crippen LogP contribution >= 0.6 is 0 Å². The predicted molar refractivity (Wildman–Crippen MR) is 84.2 cm³/mol. The molecule has 1 aliphatic rings. The van der Waals surface area contributed by atoms with Crippen molar-refractivity contribution < 1.29 is 14.2 Å². The summed E-state index contributed by atoms with van der Waals surface area (Å²) in [6, 6.07) is 6.42. The van der Waals surface area contributed by atoms with Crippen molar-refractivity contribution in [3.05, 3.63) is 23.8 Å². The molecule has 0 bridgehead atoms. The highest BCUT2D eigenvalue weighted by Gasteiger charge is 2.37. The molecule has 2 unspecified atom stereocenters. The van der Waals surface area contributed by atoms with Gasteiger partial charge < -0.3 is 19.5 Å². The van der Waals surface area contributed by atoms with Crippen molar-refractivity contribution >= 4 is 0 Å². The number of methoxy groups -OCH3 is 2. The first-order valence-electron chi connectivity index (χ1n) is 7.71. The molecule has 1 aromatic rings. The third kappa shape index (κ3) is 3.89. The van der Waals surface area contributed by atoms with Gasteiger partial charge in [0, 0.05) is 44.2 Å². The van der Waals surface area contributed by atoms with Gasteiger partial charge in [-0.2, -0.15) is 0 Å². The Kier molecular flexibility index (Phi) is 5.48. The lowest BCUT2D eigenvalue weighted by molar-refractivity contribution is 0.0169. The zero-order valence-electron chi connectivity index (χ0n) is 13.6. The molecular formula is C17H27NO3. The molecule has 118 valence electrons. The average Bonchev–Trinajstić information content (AvgIpc) is 2.49. The van der Waals surface area contributed by atoms with Gasteiger partial charge in [0.05, 0.1) is 7.11 Å². The van der Waals surface area contributed by atoms with Crippen LogP contribution in [0.25, 0.3) is 0 Å². The second-order valence-corrected chi connectivity index (χ2v) is 5.91. The topological polar surface area (TPSA) is 39.7 Å². The summed E-state index contributed by atoms with van der Waals surface area (Å²) in [6.45, 7) is 6.06. The summed E-state index contributed by atoms with van der Waals surface area (Å²) in [5.74, 6) is 1.76. The number of benzene rings is 1. The summed E-state index contributed by atoms with van der Waals surface area (Å²) in [4.78, 5) is 0. The minimum absolute atomic E-state index is 0.208. The van der Waals surface area contributed by atoms with Gasteiger partial charge in [-0.15, -0.1) is 0 Å². The fraction of sp³-hybridized carbons (Fsp3) is 0.647. The maximum Gasteiger partial charge on any atom is 0.128 e. The maximum atomic E-state index is 6.27. The van der Waals surface area contributed by atoms with Crippen LogP contribution in [0.4, 0.5) is 0 Å². The molecular weight excluding hydrogens is 266 g/mol. The van der Waals surface area contributed by atoms with Crippen LogP contribution in [0.2, 0.25) is 0 Å². The Morgan fingerprint density at radius 1 is 1.38 bits per heavy atom. The number of hydrogen-bond acceptors (Lipinski definition) is 4. The molecule has 0 aromatic heterocycles. The number of hydrogen-bond donors (Lipinski definition) is 1. The second kappa shape index (κ2) is 7.14. The third-order valence-electron chi connectivity index (χ3n) is 4.06. The number of nitrogens with one attached hydrogen (secondary N) is 1. The number of ether oxygens (including phenoxy) is 3. The quantitative estimate of drug-likeness (QED) is 0.837. The molecule has 0 aliphatic carbocycles. The van der Waals surface area contributed by atoms with Crippen molar-refractivity contribution in [2.24, 2.45) is 0 Å². The molecule has 2 atom stereocenters.